The molecule has 0 saturated carbocycles. The fraction of sp³-hybridized carbons (Fsp3) is 0. The monoisotopic (exact) mass is 414 g/mol. The van der Waals surface area contributed by atoms with Crippen LogP contribution >= 0.6 is 46.1 Å². The maximum Gasteiger partial charge on any atom is 0.378 e. The van der Waals surface area contributed by atoms with Crippen molar-refractivity contribution in [1.29, 1.82) is 0 Å². The number of nitrogens with one attached hydrogen (secondary N) is 1. The molecule has 0 unspecified atom stereocenters. The summed E-state index contributed by atoms with van der Waals surface area (Å²) in [6.07, 6.45) is 0.948. The number of benzene rings is 1. The van der Waals surface area contributed by atoms with E-state index in [0.29, 0.717) is 11.3 Å². The number of rotatable bonds is 5. The van der Waals surface area contributed by atoms with Gasteiger partial charge < -0.3 is 5.11 Å². The highest BCUT2D eigenvalue weighted by atomic mass is 35.5. The Balaban J connectivity index is 2.37. The van der Waals surface area contributed by atoms with Crippen molar-refractivity contribution in [2.75, 3.05) is 4.72 Å². The van der Waals surface area contributed by atoms with E-state index in [-0.39, 0.29) is 25.1 Å². The predicted octanol–water partition coefficient (Wildman–Crippen LogP) is 3.17. The second-order valence-corrected chi connectivity index (χ2v) is 7.87. The van der Waals surface area contributed by atoms with E-state index in [2.05, 4.69) is 9.71 Å². The molecular formula is C11H5Cl3N2O5S2. The van der Waals surface area contributed by atoms with Gasteiger partial charge in [-0.3, -0.25) is 9.52 Å². The van der Waals surface area contributed by atoms with E-state index in [1.807, 2.05) is 0 Å². The number of hydrogen-bond acceptors (Lipinski definition) is 6. The van der Waals surface area contributed by atoms with Gasteiger partial charge in [-0.05, 0) is 12.1 Å². The molecule has 0 saturated heterocycles. The second kappa shape index (κ2) is 6.62. The molecule has 0 aliphatic heterocycles. The lowest BCUT2D eigenvalue weighted by Gasteiger charge is -2.09. The lowest BCUT2D eigenvalue weighted by Crippen LogP contribution is -2.14. The van der Waals surface area contributed by atoms with Crippen LogP contribution in [0.15, 0.2) is 23.2 Å². The fourth-order valence-electron chi connectivity index (χ4n) is 1.48. The van der Waals surface area contributed by atoms with E-state index in [4.69, 9.17) is 39.9 Å². The third-order valence-electron chi connectivity index (χ3n) is 2.38. The number of thiazole rings is 1. The van der Waals surface area contributed by atoms with Crippen LogP contribution in [0.2, 0.25) is 15.1 Å². The zero-order chi connectivity index (χ0) is 17.4. The van der Waals surface area contributed by atoms with Crippen molar-refractivity contribution in [3.8, 4) is 0 Å². The van der Waals surface area contributed by atoms with Gasteiger partial charge in [0.15, 0.2) is 5.13 Å². The van der Waals surface area contributed by atoms with Crippen molar-refractivity contribution in [1.82, 2.24) is 4.98 Å². The van der Waals surface area contributed by atoms with Crippen molar-refractivity contribution in [2.45, 2.75) is 4.90 Å². The number of carbonyl (C=O) groups is 2. The Morgan fingerprint density at radius 3 is 2.26 bits per heavy atom. The van der Waals surface area contributed by atoms with Gasteiger partial charge in [-0.25, -0.2) is 18.2 Å². The van der Waals surface area contributed by atoms with E-state index in [9.17, 15) is 18.0 Å². The van der Waals surface area contributed by atoms with E-state index in [1.54, 1.807) is 0 Å². The second-order valence-electron chi connectivity index (χ2n) is 3.97. The summed E-state index contributed by atoms with van der Waals surface area (Å²) in [6, 6.07) is 2.40. The molecule has 0 amide bonds. The Hall–Kier alpha value is -1.39. The van der Waals surface area contributed by atoms with Gasteiger partial charge in [0.2, 0.25) is 0 Å². The minimum Gasteiger partial charge on any atom is -0.475 e. The third-order valence-corrected chi connectivity index (χ3v) is 5.90. The Bertz CT molecular complexity index is 887. The van der Waals surface area contributed by atoms with Crippen molar-refractivity contribution in [3.63, 3.8) is 0 Å². The van der Waals surface area contributed by atoms with Crippen molar-refractivity contribution < 1.29 is 23.1 Å². The SMILES string of the molecule is O=C(O)C(=O)c1cnc(NS(=O)(=O)c2c(Cl)cc(Cl)cc2Cl)s1. The molecule has 0 radical (unpaired) electrons. The molecule has 0 spiro atoms. The summed E-state index contributed by atoms with van der Waals surface area (Å²) in [5.41, 5.74) is 0. The van der Waals surface area contributed by atoms with E-state index >= 15 is 0 Å². The largest absolute Gasteiger partial charge is 0.475 e. The highest BCUT2D eigenvalue weighted by molar-refractivity contribution is 7.93. The van der Waals surface area contributed by atoms with Gasteiger partial charge in [0.25, 0.3) is 15.8 Å². The van der Waals surface area contributed by atoms with Crippen LogP contribution in [0.1, 0.15) is 9.67 Å². The van der Waals surface area contributed by atoms with Gasteiger partial charge in [0, 0.05) is 5.02 Å². The van der Waals surface area contributed by atoms with E-state index in [0.717, 1.165) is 6.20 Å². The molecule has 122 valence electrons. The van der Waals surface area contributed by atoms with Gasteiger partial charge in [0.1, 0.15) is 9.77 Å². The van der Waals surface area contributed by atoms with Crippen LogP contribution in [0.4, 0.5) is 5.13 Å². The van der Waals surface area contributed by atoms with Gasteiger partial charge in [-0.1, -0.05) is 46.1 Å². The van der Waals surface area contributed by atoms with Gasteiger partial charge in [0.05, 0.1) is 16.2 Å². The van der Waals surface area contributed by atoms with Crippen LogP contribution in [0, 0.1) is 0 Å². The molecule has 0 bridgehead atoms. The first-order chi connectivity index (χ1) is 10.6. The number of sulfonamides is 1. The molecule has 0 aliphatic carbocycles. The maximum atomic E-state index is 12.3. The number of nitrogens with zero attached hydrogens (tertiary/aromatic N) is 1. The van der Waals surface area contributed by atoms with Crippen LogP contribution in [0.25, 0.3) is 0 Å². The summed E-state index contributed by atoms with van der Waals surface area (Å²) in [7, 11) is -4.21. The Kier molecular flexibility index (Phi) is 5.17. The third kappa shape index (κ3) is 3.93. The standard InChI is InChI=1S/C11H5Cl3N2O5S2/c12-4-1-5(13)9(6(14)2-4)23(20,21)16-11-15-3-7(22-11)8(17)10(18)19/h1-3H,(H,15,16)(H,18,19). The Labute approximate surface area is 148 Å². The highest BCUT2D eigenvalue weighted by Gasteiger charge is 2.25. The van der Waals surface area contributed by atoms with Crippen LogP contribution in [-0.4, -0.2) is 30.3 Å². The molecule has 23 heavy (non-hydrogen) atoms. The highest BCUT2D eigenvalue weighted by Crippen LogP contribution is 2.34. The smallest absolute Gasteiger partial charge is 0.378 e. The first kappa shape index (κ1) is 18.0. The van der Waals surface area contributed by atoms with Gasteiger partial charge >= 0.3 is 5.97 Å². The van der Waals surface area contributed by atoms with Gasteiger partial charge in [-0.2, -0.15) is 0 Å². The van der Waals surface area contributed by atoms with E-state index < -0.39 is 26.7 Å². The summed E-state index contributed by atoms with van der Waals surface area (Å²) < 4.78 is 26.7. The number of carbonyl (C=O) groups excluding carboxylic acids is 1. The summed E-state index contributed by atoms with van der Waals surface area (Å²) in [5, 5.41) is 8.14. The zero-order valence-electron chi connectivity index (χ0n) is 10.7. The van der Waals surface area contributed by atoms with Crippen molar-refractivity contribution >= 4 is 73.0 Å². The van der Waals surface area contributed by atoms with Crippen LogP contribution in [-0.2, 0) is 14.8 Å². The molecule has 2 N–H and O–H groups in total. The molecule has 7 nitrogen and oxygen atoms in total. The number of hydrogen-bond donors (Lipinski definition) is 2. The van der Waals surface area contributed by atoms with Gasteiger partial charge in [-0.15, -0.1) is 0 Å². The molecule has 0 fully saturated rings. The molecule has 2 rings (SSSR count). The number of aliphatic carboxylic acids is 1. The summed E-state index contributed by atoms with van der Waals surface area (Å²) in [4.78, 5) is 24.9. The lowest BCUT2D eigenvalue weighted by molar-refractivity contribution is -0.131. The van der Waals surface area contributed by atoms with Crippen LogP contribution in [0.3, 0.4) is 0 Å². The van der Waals surface area contributed by atoms with E-state index in [1.165, 1.54) is 12.1 Å². The van der Waals surface area contributed by atoms with Crippen molar-refractivity contribution in [2.24, 2.45) is 0 Å². The quantitative estimate of drug-likeness (QED) is 0.573. The zero-order valence-corrected chi connectivity index (χ0v) is 14.6. The predicted molar refractivity (Wildman–Crippen MR) is 86.4 cm³/mol. The fourth-order valence-corrected chi connectivity index (χ4v) is 5.02. The number of aromatic nitrogens is 1. The Morgan fingerprint density at radius 2 is 1.74 bits per heavy atom. The number of halogens is 3. The molecule has 1 aromatic carbocycles. The lowest BCUT2D eigenvalue weighted by atomic mass is 10.4. The molecule has 12 heteroatoms. The molecule has 0 aliphatic rings. The number of ketones is 1. The summed E-state index contributed by atoms with van der Waals surface area (Å²) >= 11 is 18.0. The summed E-state index contributed by atoms with van der Waals surface area (Å²) in [6.45, 7) is 0. The Morgan fingerprint density at radius 1 is 1.17 bits per heavy atom. The molecular weight excluding hydrogens is 411 g/mol. The van der Waals surface area contributed by atoms with Crippen LogP contribution in [0.5, 0.6) is 0 Å². The molecule has 1 aromatic heterocycles. The normalized spacial score (nSPS) is 11.3. The van der Waals surface area contributed by atoms with Crippen molar-refractivity contribution in [3.05, 3.63) is 38.3 Å². The minimum absolute atomic E-state index is 0.155. The minimum atomic E-state index is -4.21. The molecule has 0 atom stereocenters. The molecule has 2 aromatic rings. The number of anilines is 1. The first-order valence-electron chi connectivity index (χ1n) is 5.52. The topological polar surface area (TPSA) is 113 Å². The number of carboxylic acid groups (broad SMARTS) is 1. The number of Topliss-reactive ketones (excluding diaryl/α,β-unsaturated/α-hetero) is 1. The number of carboxylic acids is 1. The average molecular weight is 416 g/mol. The average Bonchev–Trinajstić information content (AvgIpc) is 2.83. The molecule has 1 heterocycles. The van der Waals surface area contributed by atoms with Crippen LogP contribution < -0.4 is 4.72 Å². The first-order valence-corrected chi connectivity index (χ1v) is 8.96. The summed E-state index contributed by atoms with van der Waals surface area (Å²) in [5.74, 6) is -2.87. The maximum absolute atomic E-state index is 12.3.